The predicted molar refractivity (Wildman–Crippen MR) is 555 cm³/mol. The minimum Gasteiger partial charge on any atom is -0.311 e. The summed E-state index contributed by atoms with van der Waals surface area (Å²) in [6.45, 7) is 54.7. The normalized spacial score (nSPS) is 12.4. The zero-order chi connectivity index (χ0) is 91.2. The van der Waals surface area contributed by atoms with Crippen molar-refractivity contribution in [2.45, 2.75) is 209 Å². The summed E-state index contributed by atoms with van der Waals surface area (Å²) in [5.41, 5.74) is 34.2. The van der Waals surface area contributed by atoms with Crippen molar-refractivity contribution >= 4 is 102 Å². The Morgan fingerprint density at radius 3 is 0.344 bits per heavy atom. The molecule has 0 N–H and O–H groups in total. The van der Waals surface area contributed by atoms with Crippen LogP contribution in [-0.2, 0) is 43.3 Å². The van der Waals surface area contributed by atoms with Crippen LogP contribution in [0.3, 0.4) is 0 Å². The van der Waals surface area contributed by atoms with Crippen LogP contribution < -0.4 is 29.4 Å². The molecule has 0 saturated carbocycles. The maximum atomic E-state index is 2.40. The lowest BCUT2D eigenvalue weighted by Crippen LogP contribution is -2.15. The molecule has 0 amide bonds. The van der Waals surface area contributed by atoms with Gasteiger partial charge in [0.2, 0.25) is 0 Å². The van der Waals surface area contributed by atoms with Gasteiger partial charge in [-0.3, -0.25) is 0 Å². The van der Waals surface area contributed by atoms with Crippen molar-refractivity contribution in [1.82, 2.24) is 0 Å². The molecule has 0 aliphatic rings. The van der Waals surface area contributed by atoms with Crippen LogP contribution in [0.2, 0.25) is 0 Å². The van der Waals surface area contributed by atoms with Crippen LogP contribution in [0.4, 0.5) is 102 Å². The number of rotatable bonds is 20. The molecule has 650 valence electrons. The van der Waals surface area contributed by atoms with E-state index in [4.69, 9.17) is 0 Å². The molecular weight excluding hydrogens is 1550 g/mol. The number of anilines is 18. The van der Waals surface area contributed by atoms with Crippen LogP contribution in [0.1, 0.15) is 211 Å². The first-order valence-corrected chi connectivity index (χ1v) is 45.8. The molecule has 6 heteroatoms. The van der Waals surface area contributed by atoms with Crippen LogP contribution in [0.15, 0.2) is 364 Å². The topological polar surface area (TPSA) is 19.4 Å². The predicted octanol–water partition coefficient (Wildman–Crippen LogP) is 36.2. The molecule has 0 bridgehead atoms. The molecule has 0 aliphatic carbocycles. The van der Waals surface area contributed by atoms with Crippen molar-refractivity contribution < 1.29 is 0 Å². The quantitative estimate of drug-likeness (QED) is 0.0752. The van der Waals surface area contributed by atoms with Gasteiger partial charge in [0.25, 0.3) is 0 Å². The molecule has 15 aromatic carbocycles. The lowest BCUT2D eigenvalue weighted by atomic mass is 9.86. The lowest BCUT2D eigenvalue weighted by molar-refractivity contribution is 0.590. The summed E-state index contributed by atoms with van der Waals surface area (Å²) in [7, 11) is 0. The highest BCUT2D eigenvalue weighted by Crippen LogP contribution is 2.48. The van der Waals surface area contributed by atoms with E-state index in [1.807, 2.05) is 0 Å². The fourth-order valence-corrected chi connectivity index (χ4v) is 17.1. The highest BCUT2D eigenvalue weighted by Gasteiger charge is 2.28. The number of nitrogens with zero attached hydrogens (tertiary/aromatic N) is 6. The van der Waals surface area contributed by atoms with Gasteiger partial charge < -0.3 is 29.4 Å². The van der Waals surface area contributed by atoms with E-state index in [1.54, 1.807) is 0 Å². The van der Waals surface area contributed by atoms with Crippen molar-refractivity contribution in [2.75, 3.05) is 29.4 Å². The molecule has 0 heterocycles. The van der Waals surface area contributed by atoms with Crippen LogP contribution in [0, 0.1) is 0 Å². The van der Waals surface area contributed by atoms with Crippen LogP contribution in [-0.4, -0.2) is 0 Å². The summed E-state index contributed by atoms with van der Waals surface area (Å²) >= 11 is 0. The third-order valence-electron chi connectivity index (χ3n) is 25.2. The zero-order valence-corrected chi connectivity index (χ0v) is 80.3. The fourth-order valence-electron chi connectivity index (χ4n) is 17.1. The summed E-state index contributed by atoms with van der Waals surface area (Å²) in [6, 6.07) is 137. The lowest BCUT2D eigenvalue weighted by Gasteiger charge is -2.30. The molecular formula is C122H132N6. The Balaban J connectivity index is 0.801. The highest BCUT2D eigenvalue weighted by atomic mass is 15.2. The molecule has 15 rings (SSSR count). The van der Waals surface area contributed by atoms with Crippen molar-refractivity contribution in [3.8, 4) is 22.3 Å². The van der Waals surface area contributed by atoms with Crippen molar-refractivity contribution in [1.29, 1.82) is 0 Å². The summed E-state index contributed by atoms with van der Waals surface area (Å²) in [4.78, 5) is 14.4. The van der Waals surface area contributed by atoms with E-state index in [0.29, 0.717) is 0 Å². The second-order valence-electron chi connectivity index (χ2n) is 43.1. The van der Waals surface area contributed by atoms with Crippen molar-refractivity contribution in [3.63, 3.8) is 0 Å². The Morgan fingerprint density at radius 2 is 0.219 bits per heavy atom. The fraction of sp³-hybridized carbons (Fsp3) is 0.262. The minimum absolute atomic E-state index is 0.00762. The van der Waals surface area contributed by atoms with E-state index in [-0.39, 0.29) is 43.3 Å². The van der Waals surface area contributed by atoms with Gasteiger partial charge in [-0.15, -0.1) is 0 Å². The van der Waals surface area contributed by atoms with Crippen LogP contribution in [0.5, 0.6) is 0 Å². The number of hydrogen-bond donors (Lipinski definition) is 0. The molecule has 0 spiro atoms. The number of hydrogen-bond acceptors (Lipinski definition) is 6. The van der Waals surface area contributed by atoms with Crippen molar-refractivity contribution in [3.05, 3.63) is 408 Å². The molecule has 6 nitrogen and oxygen atoms in total. The molecule has 0 saturated heterocycles. The van der Waals surface area contributed by atoms with Gasteiger partial charge in [0.05, 0.1) is 0 Å². The highest BCUT2D eigenvalue weighted by molar-refractivity contribution is 5.89. The van der Waals surface area contributed by atoms with E-state index < -0.39 is 0 Å². The largest absolute Gasteiger partial charge is 0.311 e. The SMILES string of the molecule is CC(C)(C)c1ccc(N(c2ccc(N(c3ccc(-c4cccc(N(c5ccc(N(c6ccc(C(C)(C)C)cc6)c6ccc(C(C)(C)C)cc6)cc5)c5ccc(C(C)(C)C)cc5)c4)cc3)c3ccc(-c4cccc(N(c5ccc(N(c6ccc(C(C)(C)C)cc6)c6ccc(C(C)(C)C)cc6)cc5)c5ccc(C(C)(C)C)cc5)c4)cc3)cc2)c2ccc(C(C)(C)C)cc2)cc1. The summed E-state index contributed by atoms with van der Waals surface area (Å²) in [6.07, 6.45) is 0. The Morgan fingerprint density at radius 1 is 0.109 bits per heavy atom. The van der Waals surface area contributed by atoms with E-state index >= 15 is 0 Å². The first kappa shape index (κ1) is 89.9. The molecule has 0 fully saturated rings. The van der Waals surface area contributed by atoms with Crippen LogP contribution >= 0.6 is 0 Å². The minimum atomic E-state index is -0.0153. The number of benzene rings is 15. The van der Waals surface area contributed by atoms with E-state index in [1.165, 1.54) is 44.5 Å². The Hall–Kier alpha value is -12.9. The smallest absolute Gasteiger partial charge is 0.0467 e. The third kappa shape index (κ3) is 20.2. The second kappa shape index (κ2) is 35.4. The van der Waals surface area contributed by atoms with Gasteiger partial charge in [-0.25, -0.2) is 0 Å². The molecule has 0 aliphatic heterocycles. The summed E-state index contributed by atoms with van der Waals surface area (Å²) < 4.78 is 0. The standard InChI is InChI=1S/C122H132N6/c1-115(2,3)89-35-55-99(56-36-89)124(100-57-37-90(38-58-100)116(4,5)6)108-73-71-107(72-74-108)123(97-51-31-85(32-52-97)87-27-25-29-113(83-87)127(105-67-47-95(48-68-105)121(19,20)21)111-79-75-109(76-80-111)125(101-59-39-91(40-60-101)117(7,8)9)102-61-41-92(42-62-102)118(10,11)12)98-53-33-86(34-54-98)88-28-26-30-114(84-88)128(106-69-49-96(50-70-106)122(22,23)24)112-81-77-110(78-82-112)126(103-63-43-93(44-64-103)119(13,14)15)104-65-45-94(46-66-104)120(16,17)18/h25-84H,1-24H3. The third-order valence-corrected chi connectivity index (χ3v) is 25.2. The maximum Gasteiger partial charge on any atom is 0.0467 e. The summed E-state index contributed by atoms with van der Waals surface area (Å²) in [5, 5.41) is 0. The van der Waals surface area contributed by atoms with E-state index in [9.17, 15) is 0 Å². The first-order valence-electron chi connectivity index (χ1n) is 45.8. The Bertz CT molecular complexity index is 5770. The second-order valence-corrected chi connectivity index (χ2v) is 43.1. The van der Waals surface area contributed by atoms with E-state index in [0.717, 1.165) is 125 Å². The molecule has 0 atom stereocenters. The summed E-state index contributed by atoms with van der Waals surface area (Å²) in [5.74, 6) is 0. The average Bonchev–Trinajstić information content (AvgIpc) is 0.774. The maximum absolute atomic E-state index is 2.40. The van der Waals surface area contributed by atoms with Gasteiger partial charge in [-0.1, -0.05) is 312 Å². The van der Waals surface area contributed by atoms with Crippen molar-refractivity contribution in [2.24, 2.45) is 0 Å². The Kier molecular flexibility index (Phi) is 24.9. The monoisotopic (exact) mass is 1680 g/mol. The van der Waals surface area contributed by atoms with E-state index in [2.05, 4.69) is 560 Å². The Labute approximate surface area is 766 Å². The van der Waals surface area contributed by atoms with Gasteiger partial charge in [-0.2, -0.15) is 0 Å². The van der Waals surface area contributed by atoms with Gasteiger partial charge in [0.15, 0.2) is 0 Å². The molecule has 128 heavy (non-hydrogen) atoms. The van der Waals surface area contributed by atoms with Gasteiger partial charge in [0.1, 0.15) is 0 Å². The molecule has 0 aromatic heterocycles. The molecule has 15 aromatic rings. The molecule has 0 radical (unpaired) electrons. The zero-order valence-electron chi connectivity index (χ0n) is 80.3. The van der Waals surface area contributed by atoms with Gasteiger partial charge >= 0.3 is 0 Å². The molecule has 0 unspecified atom stereocenters. The first-order chi connectivity index (χ1) is 60.5. The van der Waals surface area contributed by atoms with Gasteiger partial charge in [-0.05, 0) is 328 Å². The van der Waals surface area contributed by atoms with Gasteiger partial charge in [0, 0.05) is 102 Å². The van der Waals surface area contributed by atoms with Crippen LogP contribution in [0.25, 0.3) is 22.3 Å². The average molecular weight is 1680 g/mol.